The predicted octanol–water partition coefficient (Wildman–Crippen LogP) is 0.984. The number of carbonyl (C=O) groups excluding carboxylic acids is 3. The summed E-state index contributed by atoms with van der Waals surface area (Å²) in [5.41, 5.74) is 4.50. The summed E-state index contributed by atoms with van der Waals surface area (Å²) in [6, 6.07) is -2.25. The maximum Gasteiger partial charge on any atom is 0.471 e. The maximum absolute atomic E-state index is 13.2. The van der Waals surface area contributed by atoms with E-state index in [-0.39, 0.29) is 23.8 Å². The number of amides is 3. The van der Waals surface area contributed by atoms with Crippen LogP contribution < -0.4 is 16.4 Å². The molecule has 1 aliphatic carbocycles. The number of halogens is 3. The van der Waals surface area contributed by atoms with Crippen molar-refractivity contribution in [3.8, 4) is 0 Å². The molecule has 0 radical (unpaired) electrons. The Kier molecular flexibility index (Phi) is 5.53. The van der Waals surface area contributed by atoms with E-state index in [0.29, 0.717) is 0 Å². The van der Waals surface area contributed by atoms with Gasteiger partial charge >= 0.3 is 12.1 Å². The average molecular weight is 406 g/mol. The minimum absolute atomic E-state index is 0.0687. The molecule has 2 aliphatic rings. The van der Waals surface area contributed by atoms with Crippen LogP contribution in [0.1, 0.15) is 41.5 Å². The van der Waals surface area contributed by atoms with Gasteiger partial charge < -0.3 is 21.3 Å². The van der Waals surface area contributed by atoms with Crippen LogP contribution in [0.2, 0.25) is 0 Å². The van der Waals surface area contributed by atoms with Crippen LogP contribution in [0, 0.1) is 22.7 Å². The van der Waals surface area contributed by atoms with Gasteiger partial charge in [-0.2, -0.15) is 13.2 Å². The second-order valence-corrected chi connectivity index (χ2v) is 9.46. The third-order valence-corrected chi connectivity index (χ3v) is 5.78. The standard InChI is InChI=1S/C18H29F3N4O3/c1-8(22)23-13(26)11-10-9(17(10,5)6)7-25(11)14(27)12(16(2,3)4)24-15(28)18(19,20)21/h8-12H,7,22H2,1-6H3,(H,23,26)(H,24,28)/t8-,9-,10-,11-,12+/m0/s1. The van der Waals surface area contributed by atoms with Crippen molar-refractivity contribution in [1.29, 1.82) is 0 Å². The van der Waals surface area contributed by atoms with Crippen molar-refractivity contribution >= 4 is 17.7 Å². The number of nitrogens with one attached hydrogen (secondary N) is 2. The smallest absolute Gasteiger partial charge is 0.339 e. The number of likely N-dealkylation sites (tertiary alicyclic amines) is 1. The highest BCUT2D eigenvalue weighted by atomic mass is 19.4. The Morgan fingerprint density at radius 3 is 2.11 bits per heavy atom. The van der Waals surface area contributed by atoms with E-state index in [1.54, 1.807) is 27.7 Å². The van der Waals surface area contributed by atoms with Crippen molar-refractivity contribution in [2.24, 2.45) is 28.4 Å². The van der Waals surface area contributed by atoms with Crippen LogP contribution in [-0.4, -0.2) is 53.6 Å². The molecule has 0 bridgehead atoms. The summed E-state index contributed by atoms with van der Waals surface area (Å²) in [5.74, 6) is -3.34. The normalized spacial score (nSPS) is 28.2. The third kappa shape index (κ3) is 4.11. The minimum atomic E-state index is -5.11. The van der Waals surface area contributed by atoms with Gasteiger partial charge in [-0.1, -0.05) is 34.6 Å². The van der Waals surface area contributed by atoms with Gasteiger partial charge in [0.15, 0.2) is 0 Å². The number of alkyl halides is 3. The fourth-order valence-electron chi connectivity index (χ4n) is 4.15. The van der Waals surface area contributed by atoms with E-state index in [1.807, 2.05) is 19.2 Å². The van der Waals surface area contributed by atoms with Crippen molar-refractivity contribution < 1.29 is 27.6 Å². The van der Waals surface area contributed by atoms with Crippen molar-refractivity contribution in [2.75, 3.05) is 6.54 Å². The van der Waals surface area contributed by atoms with Crippen LogP contribution in [0.4, 0.5) is 13.2 Å². The molecule has 1 saturated heterocycles. The quantitative estimate of drug-likeness (QED) is 0.606. The molecule has 10 heteroatoms. The molecule has 2 rings (SSSR count). The van der Waals surface area contributed by atoms with Crippen LogP contribution in [0.5, 0.6) is 0 Å². The summed E-state index contributed by atoms with van der Waals surface area (Å²) in [4.78, 5) is 38.6. The zero-order valence-corrected chi connectivity index (χ0v) is 17.0. The summed E-state index contributed by atoms with van der Waals surface area (Å²) in [6.45, 7) is 10.5. The molecular formula is C18H29F3N4O3. The number of hydrogen-bond donors (Lipinski definition) is 3. The minimum Gasteiger partial charge on any atom is -0.339 e. The summed E-state index contributed by atoms with van der Waals surface area (Å²) in [5, 5.41) is 4.40. The maximum atomic E-state index is 13.2. The largest absolute Gasteiger partial charge is 0.471 e. The zero-order chi connectivity index (χ0) is 21.8. The Labute approximate surface area is 162 Å². The number of piperidine rings is 1. The van der Waals surface area contributed by atoms with Gasteiger partial charge in [0.05, 0.1) is 6.17 Å². The molecule has 28 heavy (non-hydrogen) atoms. The number of rotatable bonds is 4. The SMILES string of the molecule is C[C@@H](N)NC(=O)[C@@H]1[C@@H]2[C@H](CN1C(=O)[C@@H](NC(=O)C(F)(F)F)C(C)(C)C)C2(C)C. The molecule has 4 N–H and O–H groups in total. The van der Waals surface area contributed by atoms with Crippen LogP contribution in [0.3, 0.4) is 0 Å². The number of hydrogen-bond acceptors (Lipinski definition) is 4. The van der Waals surface area contributed by atoms with Crippen LogP contribution in [0.25, 0.3) is 0 Å². The van der Waals surface area contributed by atoms with Crippen LogP contribution in [-0.2, 0) is 14.4 Å². The first-order chi connectivity index (χ1) is 12.5. The molecule has 3 amide bonds. The highest BCUT2D eigenvalue weighted by Crippen LogP contribution is 2.65. The zero-order valence-electron chi connectivity index (χ0n) is 17.0. The monoisotopic (exact) mass is 406 g/mol. The number of nitrogens with zero attached hydrogens (tertiary/aromatic N) is 1. The first-order valence-corrected chi connectivity index (χ1v) is 9.23. The fraction of sp³-hybridized carbons (Fsp3) is 0.833. The Hall–Kier alpha value is -1.84. The van der Waals surface area contributed by atoms with Crippen molar-refractivity contribution in [2.45, 2.75) is 66.0 Å². The van der Waals surface area contributed by atoms with Gasteiger partial charge in [-0.05, 0) is 29.6 Å². The van der Waals surface area contributed by atoms with Crippen molar-refractivity contribution in [3.63, 3.8) is 0 Å². The Morgan fingerprint density at radius 1 is 1.14 bits per heavy atom. The van der Waals surface area contributed by atoms with E-state index in [9.17, 15) is 27.6 Å². The van der Waals surface area contributed by atoms with E-state index < -0.39 is 47.6 Å². The van der Waals surface area contributed by atoms with Crippen LogP contribution in [0.15, 0.2) is 0 Å². The molecule has 2 fully saturated rings. The van der Waals surface area contributed by atoms with E-state index in [4.69, 9.17) is 5.73 Å². The van der Waals surface area contributed by atoms with E-state index in [1.165, 1.54) is 4.90 Å². The summed E-state index contributed by atoms with van der Waals surface area (Å²) >= 11 is 0. The summed E-state index contributed by atoms with van der Waals surface area (Å²) in [7, 11) is 0. The van der Waals surface area contributed by atoms with Gasteiger partial charge in [0.2, 0.25) is 11.8 Å². The van der Waals surface area contributed by atoms with Gasteiger partial charge in [0.1, 0.15) is 12.1 Å². The number of nitrogens with two attached hydrogens (primary N) is 1. The second kappa shape index (κ2) is 6.89. The molecule has 160 valence electrons. The second-order valence-electron chi connectivity index (χ2n) is 9.46. The molecular weight excluding hydrogens is 377 g/mol. The topological polar surface area (TPSA) is 105 Å². The Balaban J connectivity index is 2.30. The lowest BCUT2D eigenvalue weighted by Gasteiger charge is -2.37. The molecule has 1 saturated carbocycles. The lowest BCUT2D eigenvalue weighted by Crippen LogP contribution is -2.61. The fourth-order valence-corrected chi connectivity index (χ4v) is 4.15. The van der Waals surface area contributed by atoms with Crippen molar-refractivity contribution in [3.05, 3.63) is 0 Å². The Bertz CT molecular complexity index is 670. The summed E-state index contributed by atoms with van der Waals surface area (Å²) < 4.78 is 38.2. The van der Waals surface area contributed by atoms with Gasteiger partial charge in [0, 0.05) is 6.54 Å². The predicted molar refractivity (Wildman–Crippen MR) is 95.5 cm³/mol. The molecule has 7 nitrogen and oxygen atoms in total. The van der Waals surface area contributed by atoms with Crippen LogP contribution >= 0.6 is 0 Å². The number of fused-ring (bicyclic) bond motifs is 1. The van der Waals surface area contributed by atoms with E-state index in [0.717, 1.165) is 0 Å². The Morgan fingerprint density at radius 2 is 1.68 bits per heavy atom. The third-order valence-electron chi connectivity index (χ3n) is 5.78. The van der Waals surface area contributed by atoms with E-state index >= 15 is 0 Å². The first-order valence-electron chi connectivity index (χ1n) is 9.23. The van der Waals surface area contributed by atoms with Gasteiger partial charge in [0.25, 0.3) is 0 Å². The number of carbonyl (C=O) groups is 3. The lowest BCUT2D eigenvalue weighted by atomic mass is 9.85. The van der Waals surface area contributed by atoms with Gasteiger partial charge in [-0.25, -0.2) is 0 Å². The molecule has 1 aliphatic heterocycles. The van der Waals surface area contributed by atoms with Gasteiger partial charge in [-0.3, -0.25) is 14.4 Å². The van der Waals surface area contributed by atoms with Gasteiger partial charge in [-0.15, -0.1) is 0 Å². The molecule has 0 spiro atoms. The lowest BCUT2D eigenvalue weighted by molar-refractivity contribution is -0.176. The van der Waals surface area contributed by atoms with E-state index in [2.05, 4.69) is 5.32 Å². The molecule has 0 unspecified atom stereocenters. The average Bonchev–Trinajstić information content (AvgIpc) is 2.87. The highest BCUT2D eigenvalue weighted by Gasteiger charge is 2.69. The first kappa shape index (κ1) is 22.4. The van der Waals surface area contributed by atoms with Crippen molar-refractivity contribution in [1.82, 2.24) is 15.5 Å². The molecule has 0 aromatic carbocycles. The highest BCUT2D eigenvalue weighted by molar-refractivity contribution is 5.94. The molecule has 0 aromatic heterocycles. The summed E-state index contributed by atoms with van der Waals surface area (Å²) in [6.07, 6.45) is -5.74. The molecule has 5 atom stereocenters. The molecule has 0 aromatic rings. The molecule has 1 heterocycles.